The molecule has 1 saturated heterocycles. The number of alkyl halides is 1. The molecule has 8 rings (SSSR count). The standard InChI is InChI=1S/C32H31ClF3N9O2.CH2O2/c1-14-12-46-30-23-27(25(35)26(40-30)22-19-11-39-43-21(19)9-20(33)24(22)32(36)5-6-32)41-31(47-13-17-4-7-44(17)3)42-29(23)45(14)15(2)18-8-16(34)10-38-28(18)37;2-1-3/h8-11,14-15,17H,4-7,12-13H2,1-3H3,(H2,37,38)(H,39,43);1H,(H,2,3)/t14-,15+,17+;/m0./s1. The van der Waals surface area contributed by atoms with Gasteiger partial charge in [0.2, 0.25) is 5.88 Å². The first-order chi connectivity index (χ1) is 23.9. The Balaban J connectivity index is 0.00000126. The van der Waals surface area contributed by atoms with Crippen LogP contribution in [-0.2, 0) is 10.5 Å². The molecule has 13 nitrogen and oxygen atoms in total. The topological polar surface area (TPSA) is 168 Å². The summed E-state index contributed by atoms with van der Waals surface area (Å²) in [5.74, 6) is -0.919. The molecular weight excluding hydrogens is 679 g/mol. The summed E-state index contributed by atoms with van der Waals surface area (Å²) in [6.45, 7) is 4.79. The van der Waals surface area contributed by atoms with Crippen LogP contribution in [0.5, 0.6) is 11.9 Å². The van der Waals surface area contributed by atoms with Crippen LogP contribution in [0, 0.1) is 11.6 Å². The number of nitrogen functional groups attached to an aromatic ring is 1. The van der Waals surface area contributed by atoms with Crippen LogP contribution in [0.25, 0.3) is 33.1 Å². The predicted molar refractivity (Wildman–Crippen MR) is 179 cm³/mol. The van der Waals surface area contributed by atoms with Crippen molar-refractivity contribution in [2.24, 2.45) is 0 Å². The molecule has 0 bridgehead atoms. The highest BCUT2D eigenvalue weighted by molar-refractivity contribution is 6.33. The molecule has 3 aliphatic rings. The van der Waals surface area contributed by atoms with Crippen molar-refractivity contribution in [3.63, 3.8) is 0 Å². The number of anilines is 2. The van der Waals surface area contributed by atoms with Crippen molar-refractivity contribution in [2.45, 2.75) is 56.9 Å². The van der Waals surface area contributed by atoms with Gasteiger partial charge >= 0.3 is 6.01 Å². The zero-order valence-electron chi connectivity index (χ0n) is 27.3. The summed E-state index contributed by atoms with van der Waals surface area (Å²) >= 11 is 6.66. The van der Waals surface area contributed by atoms with Crippen molar-refractivity contribution in [3.05, 3.63) is 52.3 Å². The third kappa shape index (κ3) is 5.65. The molecule has 6 heterocycles. The molecule has 1 aromatic carbocycles. The number of carbonyl (C=O) groups is 1. The third-order valence-corrected chi connectivity index (χ3v) is 9.89. The molecule has 0 unspecified atom stereocenters. The Bertz CT molecular complexity index is 2130. The first-order valence-corrected chi connectivity index (χ1v) is 16.3. The zero-order chi connectivity index (χ0) is 35.5. The van der Waals surface area contributed by atoms with E-state index in [1.807, 2.05) is 25.8 Å². The number of nitrogens with zero attached hydrogens (tertiary/aromatic N) is 7. The first kappa shape index (κ1) is 33.5. The molecule has 4 N–H and O–H groups in total. The van der Waals surface area contributed by atoms with Gasteiger partial charge in [-0.2, -0.15) is 15.1 Å². The van der Waals surface area contributed by atoms with E-state index in [0.717, 1.165) is 19.2 Å². The number of nitrogens with one attached hydrogen (secondary N) is 1. The molecule has 3 atom stereocenters. The zero-order valence-corrected chi connectivity index (χ0v) is 28.0. The summed E-state index contributed by atoms with van der Waals surface area (Å²) < 4.78 is 59.9. The molecule has 262 valence electrons. The Morgan fingerprint density at radius 2 is 2.02 bits per heavy atom. The Hall–Kier alpha value is -4.96. The molecular formula is C33H33ClF3N9O4. The minimum atomic E-state index is -1.74. The lowest BCUT2D eigenvalue weighted by molar-refractivity contribution is -0.122. The van der Waals surface area contributed by atoms with Gasteiger partial charge in [0.05, 0.1) is 30.0 Å². The van der Waals surface area contributed by atoms with E-state index in [1.165, 1.54) is 12.3 Å². The maximum atomic E-state index is 17.2. The van der Waals surface area contributed by atoms with Gasteiger partial charge in [-0.3, -0.25) is 14.8 Å². The monoisotopic (exact) mass is 711 g/mol. The predicted octanol–water partition coefficient (Wildman–Crippen LogP) is 5.57. The maximum absolute atomic E-state index is 17.2. The van der Waals surface area contributed by atoms with Gasteiger partial charge in [-0.05, 0) is 58.8 Å². The number of carboxylic acid groups (broad SMARTS) is 1. The number of likely N-dealkylation sites (tertiary alicyclic amines) is 1. The van der Waals surface area contributed by atoms with Crippen molar-refractivity contribution >= 4 is 51.5 Å². The quantitative estimate of drug-likeness (QED) is 0.180. The number of halogens is 4. The van der Waals surface area contributed by atoms with E-state index in [1.54, 1.807) is 6.07 Å². The van der Waals surface area contributed by atoms with Gasteiger partial charge in [-0.15, -0.1) is 0 Å². The molecule has 4 aromatic heterocycles. The third-order valence-electron chi connectivity index (χ3n) is 9.59. The normalized spacial score (nSPS) is 19.9. The van der Waals surface area contributed by atoms with Crippen molar-refractivity contribution in [3.8, 4) is 23.1 Å². The van der Waals surface area contributed by atoms with Gasteiger partial charge in [0.15, 0.2) is 5.82 Å². The number of hydrogen-bond acceptors (Lipinski definition) is 11. The Morgan fingerprint density at radius 3 is 2.70 bits per heavy atom. The van der Waals surface area contributed by atoms with Crippen LogP contribution < -0.4 is 20.1 Å². The second-order valence-electron chi connectivity index (χ2n) is 12.7. The molecule has 50 heavy (non-hydrogen) atoms. The molecule has 2 aliphatic heterocycles. The van der Waals surface area contributed by atoms with Gasteiger partial charge in [0, 0.05) is 33.1 Å². The van der Waals surface area contributed by atoms with E-state index < -0.39 is 23.3 Å². The summed E-state index contributed by atoms with van der Waals surface area (Å²) in [5.41, 5.74) is 5.41. The van der Waals surface area contributed by atoms with E-state index >= 15 is 8.78 Å². The van der Waals surface area contributed by atoms with Crippen molar-refractivity contribution in [2.75, 3.05) is 37.4 Å². The summed E-state index contributed by atoms with van der Waals surface area (Å²) in [5, 5.41) is 14.6. The van der Waals surface area contributed by atoms with E-state index in [4.69, 9.17) is 41.7 Å². The highest BCUT2D eigenvalue weighted by atomic mass is 35.5. The van der Waals surface area contributed by atoms with E-state index in [-0.39, 0.29) is 101 Å². The Labute approximate surface area is 288 Å². The van der Waals surface area contributed by atoms with Gasteiger partial charge in [-0.1, -0.05) is 11.6 Å². The number of aromatic amines is 1. The van der Waals surface area contributed by atoms with Crippen LogP contribution in [0.3, 0.4) is 0 Å². The average Bonchev–Trinajstić information content (AvgIpc) is 3.68. The largest absolute Gasteiger partial charge is 0.483 e. The fourth-order valence-corrected chi connectivity index (χ4v) is 7.05. The number of hydrogen-bond donors (Lipinski definition) is 3. The van der Waals surface area contributed by atoms with Gasteiger partial charge in [-0.25, -0.2) is 23.1 Å². The smallest absolute Gasteiger partial charge is 0.319 e. The number of H-pyrrole nitrogens is 1. The highest BCUT2D eigenvalue weighted by Gasteiger charge is 2.49. The number of aromatic nitrogens is 6. The molecule has 0 radical (unpaired) electrons. The van der Waals surface area contributed by atoms with Gasteiger partial charge in [0.1, 0.15) is 52.9 Å². The van der Waals surface area contributed by atoms with Crippen LogP contribution in [-0.4, -0.2) is 85.5 Å². The van der Waals surface area contributed by atoms with E-state index in [0.29, 0.717) is 16.5 Å². The summed E-state index contributed by atoms with van der Waals surface area (Å²) in [6.07, 6.45) is 3.96. The van der Waals surface area contributed by atoms with E-state index in [2.05, 4.69) is 30.0 Å². The summed E-state index contributed by atoms with van der Waals surface area (Å²) in [7, 11) is 1.99. The lowest BCUT2D eigenvalue weighted by Crippen LogP contribution is -2.48. The molecule has 2 fully saturated rings. The SMILES string of the molecule is C[C@H](c1cc(F)cnc1N)N1c2nc(OC[C@H]3CCN3C)nc3c(F)c(-c4c(C5(F)CC5)c(Cl)cc5[nH]ncc45)nc(c23)OC[C@@H]1C.O=CO. The average molecular weight is 712 g/mol. The van der Waals surface area contributed by atoms with Crippen LogP contribution in [0.15, 0.2) is 24.5 Å². The maximum Gasteiger partial charge on any atom is 0.319 e. The number of benzene rings is 1. The molecule has 1 saturated carbocycles. The fourth-order valence-electron chi connectivity index (χ4n) is 6.68. The van der Waals surface area contributed by atoms with E-state index in [9.17, 15) is 4.39 Å². The number of nitrogens with two attached hydrogens (primary N) is 1. The van der Waals surface area contributed by atoms with Crippen molar-refractivity contribution < 1.29 is 32.5 Å². The molecule has 0 amide bonds. The number of likely N-dealkylation sites (N-methyl/N-ethyl adjacent to an activating group) is 1. The molecule has 0 spiro atoms. The molecule has 5 aromatic rings. The second-order valence-corrected chi connectivity index (χ2v) is 13.2. The number of pyridine rings is 2. The highest BCUT2D eigenvalue weighted by Crippen LogP contribution is 2.57. The number of rotatable bonds is 7. The van der Waals surface area contributed by atoms with Gasteiger partial charge in [0.25, 0.3) is 6.47 Å². The van der Waals surface area contributed by atoms with Gasteiger partial charge < -0.3 is 25.2 Å². The Kier molecular flexibility index (Phi) is 8.54. The van der Waals surface area contributed by atoms with Crippen molar-refractivity contribution in [1.29, 1.82) is 0 Å². The number of fused-ring (bicyclic) bond motifs is 1. The van der Waals surface area contributed by atoms with Crippen LogP contribution in [0.1, 0.15) is 50.3 Å². The lowest BCUT2D eigenvalue weighted by Gasteiger charge is -2.37. The van der Waals surface area contributed by atoms with Crippen LogP contribution in [0.4, 0.5) is 24.8 Å². The van der Waals surface area contributed by atoms with Crippen molar-refractivity contribution in [1.82, 2.24) is 35.0 Å². The second kappa shape index (κ2) is 12.7. The molecule has 1 aliphatic carbocycles. The first-order valence-electron chi connectivity index (χ1n) is 15.9. The van der Waals surface area contributed by atoms with Crippen LogP contribution in [0.2, 0.25) is 5.02 Å². The summed E-state index contributed by atoms with van der Waals surface area (Å²) in [6, 6.07) is 2.03. The lowest BCUT2D eigenvalue weighted by atomic mass is 9.94. The minimum Gasteiger partial charge on any atom is -0.483 e. The van der Waals surface area contributed by atoms with Crippen LogP contribution >= 0.6 is 11.6 Å². The minimum absolute atomic E-state index is 0.0508. The number of ether oxygens (including phenoxy) is 2. The Morgan fingerprint density at radius 1 is 1.26 bits per heavy atom. The summed E-state index contributed by atoms with van der Waals surface area (Å²) in [4.78, 5) is 30.4. The molecule has 17 heteroatoms. The fraction of sp³-hybridized carbons (Fsp3) is 0.394.